The number of aromatic nitrogens is 1. The second kappa shape index (κ2) is 7.41. The quantitative estimate of drug-likeness (QED) is 0.501. The zero-order valence-corrected chi connectivity index (χ0v) is 17.1. The van der Waals surface area contributed by atoms with Crippen LogP contribution in [0.2, 0.25) is 0 Å². The van der Waals surface area contributed by atoms with E-state index in [0.29, 0.717) is 5.56 Å². The van der Waals surface area contributed by atoms with E-state index in [2.05, 4.69) is 17.1 Å². The second-order valence-corrected chi connectivity index (χ2v) is 8.33. The fourth-order valence-corrected chi connectivity index (χ4v) is 4.24. The fourth-order valence-electron chi connectivity index (χ4n) is 4.24. The maximum atomic E-state index is 13.9. The number of ether oxygens (including phenoxy) is 1. The largest absolute Gasteiger partial charge is 0.483 e. The molecule has 0 atom stereocenters. The summed E-state index contributed by atoms with van der Waals surface area (Å²) in [6.45, 7) is 2.04. The predicted octanol–water partition coefficient (Wildman–Crippen LogP) is 5.84. The molecular weight excluding hydrogens is 396 g/mol. The van der Waals surface area contributed by atoms with Crippen LogP contribution in [-0.2, 0) is 6.42 Å². The van der Waals surface area contributed by atoms with Gasteiger partial charge >= 0.3 is 0 Å². The minimum atomic E-state index is -0.847. The van der Waals surface area contributed by atoms with Crippen LogP contribution in [0.25, 0.3) is 5.57 Å². The van der Waals surface area contributed by atoms with Gasteiger partial charge in [-0.1, -0.05) is 23.8 Å². The van der Waals surface area contributed by atoms with Gasteiger partial charge in [-0.3, -0.25) is 9.78 Å². The van der Waals surface area contributed by atoms with Crippen molar-refractivity contribution in [2.45, 2.75) is 38.2 Å². The van der Waals surface area contributed by atoms with E-state index in [1.54, 1.807) is 12.3 Å². The highest BCUT2D eigenvalue weighted by Gasteiger charge is 2.41. The molecule has 0 unspecified atom stereocenters. The first-order valence-corrected chi connectivity index (χ1v) is 10.4. The molecule has 1 spiro atoms. The first-order valence-electron chi connectivity index (χ1n) is 10.4. The third-order valence-electron chi connectivity index (χ3n) is 6.05. The fraction of sp³-hybridized carbons (Fsp3) is 0.231. The summed E-state index contributed by atoms with van der Waals surface area (Å²) in [5.41, 5.74) is 3.77. The predicted molar refractivity (Wildman–Crippen MR) is 114 cm³/mol. The van der Waals surface area contributed by atoms with Gasteiger partial charge in [-0.2, -0.15) is 0 Å². The second-order valence-electron chi connectivity index (χ2n) is 8.33. The van der Waals surface area contributed by atoms with Gasteiger partial charge in [0, 0.05) is 23.8 Å². The first-order chi connectivity index (χ1) is 14.9. The van der Waals surface area contributed by atoms with Crippen molar-refractivity contribution in [3.63, 3.8) is 0 Å². The topological polar surface area (TPSA) is 39.2 Å². The molecule has 0 saturated heterocycles. The highest BCUT2D eigenvalue weighted by Crippen LogP contribution is 2.47. The van der Waals surface area contributed by atoms with Gasteiger partial charge in [0.15, 0.2) is 5.78 Å². The van der Waals surface area contributed by atoms with E-state index < -0.39 is 23.0 Å². The average molecular weight is 417 g/mol. The number of ketones is 1. The van der Waals surface area contributed by atoms with Gasteiger partial charge < -0.3 is 4.74 Å². The van der Waals surface area contributed by atoms with Crippen molar-refractivity contribution in [2.24, 2.45) is 0 Å². The van der Waals surface area contributed by atoms with Crippen molar-refractivity contribution >= 4 is 11.4 Å². The Morgan fingerprint density at radius 2 is 1.87 bits per heavy atom. The summed E-state index contributed by atoms with van der Waals surface area (Å²) in [6.07, 6.45) is 6.74. The molecule has 5 rings (SSSR count). The van der Waals surface area contributed by atoms with Crippen LogP contribution in [0.1, 0.15) is 52.0 Å². The Balaban J connectivity index is 1.45. The molecular formula is C26H21F2NO2. The molecule has 5 heteroatoms. The van der Waals surface area contributed by atoms with E-state index in [1.807, 2.05) is 25.1 Å². The van der Waals surface area contributed by atoms with Gasteiger partial charge in [0.1, 0.15) is 23.0 Å². The maximum Gasteiger partial charge on any atom is 0.173 e. The lowest BCUT2D eigenvalue weighted by Gasteiger charge is -2.43. The van der Waals surface area contributed by atoms with E-state index in [4.69, 9.17) is 4.74 Å². The number of rotatable bonds is 4. The van der Waals surface area contributed by atoms with Crippen molar-refractivity contribution in [1.82, 2.24) is 4.98 Å². The Morgan fingerprint density at radius 3 is 2.52 bits per heavy atom. The molecule has 1 aliphatic heterocycles. The Morgan fingerprint density at radius 1 is 1.10 bits per heavy atom. The number of carbonyl (C=O) groups excluding carboxylic acids is 1. The van der Waals surface area contributed by atoms with Crippen LogP contribution in [0, 0.1) is 18.6 Å². The first kappa shape index (κ1) is 19.6. The summed E-state index contributed by atoms with van der Waals surface area (Å²) in [5, 5.41) is 0. The average Bonchev–Trinajstić information content (AvgIpc) is 2.72. The van der Waals surface area contributed by atoms with E-state index in [9.17, 15) is 13.6 Å². The third kappa shape index (κ3) is 3.54. The Bertz CT molecular complexity index is 1190. The smallest absolute Gasteiger partial charge is 0.173 e. The van der Waals surface area contributed by atoms with Crippen LogP contribution in [0.5, 0.6) is 5.75 Å². The number of benzene rings is 2. The van der Waals surface area contributed by atoms with E-state index in [1.165, 1.54) is 6.07 Å². The van der Waals surface area contributed by atoms with Crippen LogP contribution >= 0.6 is 0 Å². The number of Topliss-reactive ketones (excluding diaryl/α,β-unsaturated/α-hetero) is 1. The van der Waals surface area contributed by atoms with Crippen molar-refractivity contribution in [1.29, 1.82) is 0 Å². The zero-order valence-electron chi connectivity index (χ0n) is 17.1. The molecule has 1 saturated carbocycles. The minimum absolute atomic E-state index is 0.118. The van der Waals surface area contributed by atoms with Crippen LogP contribution < -0.4 is 4.74 Å². The van der Waals surface area contributed by atoms with Crippen molar-refractivity contribution in [3.8, 4) is 5.75 Å². The molecule has 2 aliphatic rings. The molecule has 1 aliphatic carbocycles. The molecule has 0 bridgehead atoms. The summed E-state index contributed by atoms with van der Waals surface area (Å²) in [5.74, 6) is -1.44. The molecule has 0 radical (unpaired) electrons. The number of hydrogen-bond donors (Lipinski definition) is 0. The van der Waals surface area contributed by atoms with Crippen LogP contribution in [0.15, 0.2) is 60.8 Å². The molecule has 3 nitrogen and oxygen atoms in total. The lowest BCUT2D eigenvalue weighted by molar-refractivity contribution is 0.0376. The van der Waals surface area contributed by atoms with E-state index in [-0.39, 0.29) is 12.0 Å². The van der Waals surface area contributed by atoms with E-state index in [0.717, 1.165) is 59.5 Å². The van der Waals surface area contributed by atoms with Crippen LogP contribution in [0.3, 0.4) is 0 Å². The third-order valence-corrected chi connectivity index (χ3v) is 6.05. The summed E-state index contributed by atoms with van der Waals surface area (Å²) in [6, 6.07) is 13.2. The summed E-state index contributed by atoms with van der Waals surface area (Å²) in [4.78, 5) is 17.0. The Labute approximate surface area is 179 Å². The molecule has 1 aromatic heterocycles. The summed E-state index contributed by atoms with van der Waals surface area (Å²) < 4.78 is 34.1. The maximum absolute atomic E-state index is 13.9. The normalized spacial score (nSPS) is 16.2. The van der Waals surface area contributed by atoms with Crippen LogP contribution in [0.4, 0.5) is 8.78 Å². The number of nitrogens with zero attached hydrogens (tertiary/aromatic N) is 1. The molecule has 2 aromatic carbocycles. The lowest BCUT2D eigenvalue weighted by atomic mass is 9.76. The lowest BCUT2D eigenvalue weighted by Crippen LogP contribution is -2.43. The molecule has 0 N–H and O–H groups in total. The monoisotopic (exact) mass is 417 g/mol. The van der Waals surface area contributed by atoms with Gasteiger partial charge in [-0.05, 0) is 68.2 Å². The van der Waals surface area contributed by atoms with E-state index >= 15 is 0 Å². The van der Waals surface area contributed by atoms with Gasteiger partial charge in [0.25, 0.3) is 0 Å². The van der Waals surface area contributed by atoms with Crippen LogP contribution in [-0.4, -0.2) is 16.4 Å². The Kier molecular flexibility index (Phi) is 4.69. The van der Waals surface area contributed by atoms with Gasteiger partial charge in [-0.25, -0.2) is 8.78 Å². The van der Waals surface area contributed by atoms with Gasteiger partial charge in [0.2, 0.25) is 0 Å². The zero-order chi connectivity index (χ0) is 21.6. The molecule has 0 amide bonds. The number of aryl methyl sites for hydroxylation is 1. The number of pyridine rings is 1. The SMILES string of the molecule is Cc1ccc2c(c1)C(c1ccc(CC(=O)c3c(F)cccc3F)cn1)=CC1(CCC1)O2. The molecule has 31 heavy (non-hydrogen) atoms. The molecule has 2 heterocycles. The molecule has 3 aromatic rings. The van der Waals surface area contributed by atoms with Gasteiger partial charge in [0.05, 0.1) is 11.3 Å². The summed E-state index contributed by atoms with van der Waals surface area (Å²) in [7, 11) is 0. The highest BCUT2D eigenvalue weighted by molar-refractivity contribution is 5.98. The Hall–Kier alpha value is -3.34. The number of halogens is 2. The molecule has 1 fully saturated rings. The highest BCUT2D eigenvalue weighted by atomic mass is 19.1. The standard InChI is InChI=1S/C26H21F2NO2/c1-16-6-9-24-18(12-16)19(14-26(31-24)10-3-11-26)22-8-7-17(15-29-22)13-23(30)25-20(27)4-2-5-21(25)28/h2,4-9,12,14-15H,3,10-11,13H2,1H3. The van der Waals surface area contributed by atoms with Crippen molar-refractivity contribution < 1.29 is 18.3 Å². The number of hydrogen-bond acceptors (Lipinski definition) is 3. The van der Waals surface area contributed by atoms with Gasteiger partial charge in [-0.15, -0.1) is 0 Å². The number of carbonyl (C=O) groups is 1. The summed E-state index contributed by atoms with van der Waals surface area (Å²) >= 11 is 0. The molecule has 156 valence electrons. The minimum Gasteiger partial charge on any atom is -0.483 e. The van der Waals surface area contributed by atoms with Crippen molar-refractivity contribution in [2.75, 3.05) is 0 Å². The van der Waals surface area contributed by atoms with Crippen molar-refractivity contribution in [3.05, 3.63) is 100 Å². The number of fused-ring (bicyclic) bond motifs is 1.